The maximum absolute atomic E-state index is 14.0. The number of nitrogens with one attached hydrogen (secondary N) is 1. The van der Waals surface area contributed by atoms with Crippen molar-refractivity contribution in [3.63, 3.8) is 0 Å². The highest BCUT2D eigenvalue weighted by molar-refractivity contribution is 7.92. The van der Waals surface area contributed by atoms with Crippen molar-refractivity contribution < 1.29 is 27.1 Å². The van der Waals surface area contributed by atoms with Gasteiger partial charge in [-0.15, -0.1) is 0 Å². The summed E-state index contributed by atoms with van der Waals surface area (Å²) in [6, 6.07) is 17.2. The molecule has 1 N–H and O–H groups in total. The van der Waals surface area contributed by atoms with Crippen molar-refractivity contribution in [2.45, 2.75) is 57.6 Å². The van der Waals surface area contributed by atoms with Crippen molar-refractivity contribution in [3.8, 4) is 5.75 Å². The summed E-state index contributed by atoms with van der Waals surface area (Å²) in [7, 11) is -2.71. The molecule has 3 rings (SSSR count). The van der Waals surface area contributed by atoms with Crippen LogP contribution in [-0.2, 0) is 26.2 Å². The van der Waals surface area contributed by atoms with Crippen LogP contribution in [0.15, 0.2) is 77.7 Å². The molecule has 8 nitrogen and oxygen atoms in total. The Morgan fingerprint density at radius 3 is 2.08 bits per heavy atom. The first-order valence-electron chi connectivity index (χ1n) is 13.0. The maximum Gasteiger partial charge on any atom is 0.264 e. The van der Waals surface area contributed by atoms with E-state index in [1.165, 1.54) is 4.90 Å². The van der Waals surface area contributed by atoms with E-state index in [2.05, 4.69) is 5.32 Å². The van der Waals surface area contributed by atoms with Crippen LogP contribution in [0.4, 0.5) is 10.1 Å². The molecule has 2 amide bonds. The Hall–Kier alpha value is -3.92. The molecule has 0 bridgehead atoms. The number of amides is 2. The van der Waals surface area contributed by atoms with Crippen LogP contribution in [0.3, 0.4) is 0 Å². The van der Waals surface area contributed by atoms with Gasteiger partial charge in [0.15, 0.2) is 0 Å². The molecule has 0 aliphatic carbocycles. The van der Waals surface area contributed by atoms with Crippen molar-refractivity contribution in [2.24, 2.45) is 0 Å². The molecule has 3 aromatic rings. The third kappa shape index (κ3) is 7.59. The highest BCUT2D eigenvalue weighted by Gasteiger charge is 2.33. The van der Waals surface area contributed by atoms with Gasteiger partial charge in [0.05, 0.1) is 17.7 Å². The fourth-order valence-electron chi connectivity index (χ4n) is 4.20. The SMILES string of the molecule is CC[C@H](C(=O)NC(C)C)N(Cc1ccc(OC)cc1)C(=O)CN(c1ccc(C)cc1)S(=O)(=O)c1ccc(F)cc1. The first kappa shape index (κ1) is 30.6. The summed E-state index contributed by atoms with van der Waals surface area (Å²) in [5.74, 6) is -0.831. The summed E-state index contributed by atoms with van der Waals surface area (Å²) in [6.07, 6.45) is 0.315. The molecule has 0 aliphatic heterocycles. The quantitative estimate of drug-likeness (QED) is 0.342. The lowest BCUT2D eigenvalue weighted by Crippen LogP contribution is -2.53. The van der Waals surface area contributed by atoms with Crippen LogP contribution < -0.4 is 14.4 Å². The fraction of sp³-hybridized carbons (Fsp3) is 0.333. The molecule has 3 aromatic carbocycles. The normalized spacial score (nSPS) is 12.1. The number of benzene rings is 3. The van der Waals surface area contributed by atoms with Gasteiger partial charge in [-0.05, 0) is 81.3 Å². The minimum atomic E-state index is -4.26. The Labute approximate surface area is 235 Å². The van der Waals surface area contributed by atoms with Gasteiger partial charge in [0.25, 0.3) is 10.0 Å². The molecule has 0 radical (unpaired) electrons. The van der Waals surface area contributed by atoms with E-state index < -0.39 is 34.3 Å². The average molecular weight is 570 g/mol. The van der Waals surface area contributed by atoms with E-state index in [4.69, 9.17) is 4.74 Å². The summed E-state index contributed by atoms with van der Waals surface area (Å²) in [6.45, 7) is 6.83. The number of carbonyl (C=O) groups excluding carboxylic acids is 2. The molecule has 0 fully saturated rings. The number of anilines is 1. The second-order valence-electron chi connectivity index (χ2n) is 9.76. The molecule has 0 saturated heterocycles. The van der Waals surface area contributed by atoms with Crippen LogP contribution >= 0.6 is 0 Å². The van der Waals surface area contributed by atoms with Gasteiger partial charge < -0.3 is 15.0 Å². The van der Waals surface area contributed by atoms with E-state index in [1.54, 1.807) is 62.6 Å². The van der Waals surface area contributed by atoms with Crippen LogP contribution in [0.25, 0.3) is 0 Å². The Balaban J connectivity index is 2.05. The molecule has 0 spiro atoms. The van der Waals surface area contributed by atoms with Gasteiger partial charge in [-0.25, -0.2) is 12.8 Å². The molecular weight excluding hydrogens is 533 g/mol. The number of methoxy groups -OCH3 is 1. The van der Waals surface area contributed by atoms with Gasteiger partial charge >= 0.3 is 0 Å². The largest absolute Gasteiger partial charge is 0.497 e. The summed E-state index contributed by atoms with van der Waals surface area (Å²) < 4.78 is 47.4. The smallest absolute Gasteiger partial charge is 0.264 e. The highest BCUT2D eigenvalue weighted by Crippen LogP contribution is 2.26. The maximum atomic E-state index is 14.0. The average Bonchev–Trinajstić information content (AvgIpc) is 2.92. The fourth-order valence-corrected chi connectivity index (χ4v) is 5.62. The zero-order chi connectivity index (χ0) is 29.4. The van der Waals surface area contributed by atoms with Gasteiger partial charge in [-0.1, -0.05) is 36.8 Å². The number of sulfonamides is 1. The molecule has 0 heterocycles. The number of aryl methyl sites for hydroxylation is 1. The highest BCUT2D eigenvalue weighted by atomic mass is 32.2. The van der Waals surface area contributed by atoms with E-state index in [1.807, 2.05) is 20.8 Å². The molecule has 0 unspecified atom stereocenters. The lowest BCUT2D eigenvalue weighted by atomic mass is 10.1. The second kappa shape index (κ2) is 13.4. The summed E-state index contributed by atoms with van der Waals surface area (Å²) in [5, 5.41) is 2.87. The van der Waals surface area contributed by atoms with Crippen LogP contribution in [0.1, 0.15) is 38.3 Å². The minimum absolute atomic E-state index is 0.0746. The van der Waals surface area contributed by atoms with E-state index >= 15 is 0 Å². The Bertz CT molecular complexity index is 1390. The van der Waals surface area contributed by atoms with E-state index in [-0.39, 0.29) is 29.1 Å². The number of hydrogen-bond donors (Lipinski definition) is 1. The minimum Gasteiger partial charge on any atom is -0.497 e. The first-order chi connectivity index (χ1) is 19.0. The number of rotatable bonds is 12. The van der Waals surface area contributed by atoms with Crippen LogP contribution in [0, 0.1) is 12.7 Å². The zero-order valence-corrected chi connectivity index (χ0v) is 24.2. The lowest BCUT2D eigenvalue weighted by molar-refractivity contribution is -0.140. The van der Waals surface area contributed by atoms with Gasteiger partial charge in [-0.3, -0.25) is 13.9 Å². The zero-order valence-electron chi connectivity index (χ0n) is 23.4. The Morgan fingerprint density at radius 2 is 1.55 bits per heavy atom. The number of hydrogen-bond acceptors (Lipinski definition) is 5. The first-order valence-corrected chi connectivity index (χ1v) is 14.5. The van der Waals surface area contributed by atoms with Crippen LogP contribution in [0.2, 0.25) is 0 Å². The Kier molecular flexibility index (Phi) is 10.3. The molecule has 214 valence electrons. The number of carbonyl (C=O) groups is 2. The van der Waals surface area contributed by atoms with E-state index in [0.29, 0.717) is 12.2 Å². The number of ether oxygens (including phenoxy) is 1. The molecule has 0 aliphatic rings. The van der Waals surface area contributed by atoms with Gasteiger partial charge in [0, 0.05) is 12.6 Å². The van der Waals surface area contributed by atoms with Crippen molar-refractivity contribution >= 4 is 27.5 Å². The van der Waals surface area contributed by atoms with Gasteiger partial charge in [0.1, 0.15) is 24.2 Å². The molecule has 40 heavy (non-hydrogen) atoms. The van der Waals surface area contributed by atoms with Crippen molar-refractivity contribution in [1.82, 2.24) is 10.2 Å². The molecule has 0 aromatic heterocycles. The lowest BCUT2D eigenvalue weighted by Gasteiger charge is -2.33. The van der Waals surface area contributed by atoms with E-state index in [0.717, 1.165) is 39.7 Å². The van der Waals surface area contributed by atoms with Gasteiger partial charge in [0.2, 0.25) is 11.8 Å². The predicted molar refractivity (Wildman–Crippen MR) is 153 cm³/mol. The summed E-state index contributed by atoms with van der Waals surface area (Å²) >= 11 is 0. The predicted octanol–water partition coefficient (Wildman–Crippen LogP) is 4.67. The van der Waals surface area contributed by atoms with E-state index in [9.17, 15) is 22.4 Å². The third-order valence-electron chi connectivity index (χ3n) is 6.33. The van der Waals surface area contributed by atoms with Crippen LogP contribution in [-0.4, -0.2) is 50.9 Å². The summed E-state index contributed by atoms with van der Waals surface area (Å²) in [5.41, 5.74) is 1.92. The monoisotopic (exact) mass is 569 g/mol. The molecule has 1 atom stereocenters. The number of nitrogens with zero attached hydrogens (tertiary/aromatic N) is 2. The Morgan fingerprint density at radius 1 is 0.950 bits per heavy atom. The molecular formula is C30H36FN3O5S. The van der Waals surface area contributed by atoms with Crippen molar-refractivity contribution in [1.29, 1.82) is 0 Å². The molecule has 0 saturated carbocycles. The topological polar surface area (TPSA) is 96.0 Å². The third-order valence-corrected chi connectivity index (χ3v) is 8.12. The van der Waals surface area contributed by atoms with Crippen LogP contribution in [0.5, 0.6) is 5.75 Å². The summed E-state index contributed by atoms with van der Waals surface area (Å²) in [4.78, 5) is 28.4. The number of halogens is 1. The second-order valence-corrected chi connectivity index (χ2v) is 11.6. The standard InChI is InChI=1S/C30H36FN3O5S/c1-6-28(30(36)32-21(2)3)33(19-23-9-15-26(39-5)16-10-23)29(35)20-34(25-13-7-22(4)8-14-25)40(37,38)27-17-11-24(31)12-18-27/h7-18,21,28H,6,19-20H2,1-5H3,(H,32,36)/t28-/m1/s1. The van der Waals surface area contributed by atoms with Gasteiger partial charge in [-0.2, -0.15) is 0 Å². The van der Waals surface area contributed by atoms with Crippen molar-refractivity contribution in [2.75, 3.05) is 18.0 Å². The molecule has 10 heteroatoms. The van der Waals surface area contributed by atoms with Crippen molar-refractivity contribution in [3.05, 3.63) is 89.7 Å².